The molecule has 112 valence electrons. The van der Waals surface area contributed by atoms with Gasteiger partial charge in [-0.3, -0.25) is 0 Å². The van der Waals surface area contributed by atoms with Crippen LogP contribution in [-0.2, 0) is 6.54 Å². The van der Waals surface area contributed by atoms with Crippen LogP contribution in [0.25, 0.3) is 11.1 Å². The van der Waals surface area contributed by atoms with E-state index in [4.69, 9.17) is 9.47 Å². The number of benzene rings is 2. The zero-order valence-electron chi connectivity index (χ0n) is 12.6. The zero-order valence-corrected chi connectivity index (χ0v) is 14.2. The maximum atomic E-state index is 5.59. The van der Waals surface area contributed by atoms with Crippen LogP contribution in [0, 0.1) is 0 Å². The smallest absolute Gasteiger partial charge is 0.144 e. The van der Waals surface area contributed by atoms with E-state index < -0.39 is 0 Å². The van der Waals surface area contributed by atoms with Crippen molar-refractivity contribution >= 4 is 15.9 Å². The predicted octanol–water partition coefficient (Wildman–Crippen LogP) is 4.24. The molecule has 0 fully saturated rings. The highest BCUT2D eigenvalue weighted by molar-refractivity contribution is 9.10. The van der Waals surface area contributed by atoms with Gasteiger partial charge in [0.1, 0.15) is 16.0 Å². The number of hydrogen-bond donors (Lipinski definition) is 1. The molecule has 1 N–H and O–H groups in total. The van der Waals surface area contributed by atoms with Crippen LogP contribution in [0.4, 0.5) is 0 Å². The summed E-state index contributed by atoms with van der Waals surface area (Å²) in [6.07, 6.45) is 0. The minimum Gasteiger partial charge on any atom is -0.495 e. The van der Waals surface area contributed by atoms with Crippen molar-refractivity contribution < 1.29 is 9.47 Å². The van der Waals surface area contributed by atoms with Gasteiger partial charge in [-0.1, -0.05) is 31.2 Å². The molecule has 3 nitrogen and oxygen atoms in total. The van der Waals surface area contributed by atoms with Gasteiger partial charge in [-0.05, 0) is 45.7 Å². The highest BCUT2D eigenvalue weighted by Gasteiger charge is 2.16. The Morgan fingerprint density at radius 1 is 1.00 bits per heavy atom. The number of halogens is 1. The van der Waals surface area contributed by atoms with Crippen LogP contribution in [0.2, 0.25) is 0 Å². The summed E-state index contributed by atoms with van der Waals surface area (Å²) in [7, 11) is 3.33. The first kappa shape index (κ1) is 15.9. The highest BCUT2D eigenvalue weighted by Crippen LogP contribution is 2.42. The van der Waals surface area contributed by atoms with E-state index in [2.05, 4.69) is 46.4 Å². The molecule has 0 atom stereocenters. The molecule has 0 bridgehead atoms. The average molecular weight is 350 g/mol. The minimum absolute atomic E-state index is 0.764. The van der Waals surface area contributed by atoms with Crippen LogP contribution in [0.5, 0.6) is 11.5 Å². The number of ether oxygens (including phenoxy) is 2. The van der Waals surface area contributed by atoms with Gasteiger partial charge in [0.15, 0.2) is 0 Å². The Hall–Kier alpha value is -1.52. The second-order valence-corrected chi connectivity index (χ2v) is 5.39. The van der Waals surface area contributed by atoms with E-state index in [0.717, 1.165) is 34.6 Å². The predicted molar refractivity (Wildman–Crippen MR) is 90.1 cm³/mol. The lowest BCUT2D eigenvalue weighted by Gasteiger charge is -2.16. The summed E-state index contributed by atoms with van der Waals surface area (Å²) in [5.41, 5.74) is 3.46. The summed E-state index contributed by atoms with van der Waals surface area (Å²) in [5, 5.41) is 3.37. The number of hydrogen-bond acceptors (Lipinski definition) is 3. The Balaban J connectivity index is 2.54. The van der Waals surface area contributed by atoms with E-state index in [-0.39, 0.29) is 0 Å². The molecule has 0 unspecified atom stereocenters. The van der Waals surface area contributed by atoms with Gasteiger partial charge in [0.2, 0.25) is 0 Å². The monoisotopic (exact) mass is 349 g/mol. The molecule has 2 aromatic rings. The van der Waals surface area contributed by atoms with Crippen molar-refractivity contribution in [3.63, 3.8) is 0 Å². The summed E-state index contributed by atoms with van der Waals surface area (Å²) >= 11 is 3.56. The second-order valence-electron chi connectivity index (χ2n) is 4.60. The summed E-state index contributed by atoms with van der Waals surface area (Å²) in [6.45, 7) is 3.88. The molecule has 0 heterocycles. The Morgan fingerprint density at radius 2 is 1.76 bits per heavy atom. The number of nitrogens with one attached hydrogen (secondary N) is 1. The zero-order chi connectivity index (χ0) is 15.2. The second kappa shape index (κ2) is 7.48. The van der Waals surface area contributed by atoms with Crippen LogP contribution in [0.3, 0.4) is 0 Å². The molecule has 0 aliphatic carbocycles. The molecule has 0 aromatic heterocycles. The summed E-state index contributed by atoms with van der Waals surface area (Å²) in [4.78, 5) is 0. The first-order valence-electron chi connectivity index (χ1n) is 6.92. The third-order valence-electron chi connectivity index (χ3n) is 3.36. The Labute approximate surface area is 134 Å². The molecule has 0 saturated heterocycles. The molecule has 0 aliphatic rings. The molecule has 0 amide bonds. The lowest BCUT2D eigenvalue weighted by molar-refractivity contribution is 0.390. The molecular weight excluding hydrogens is 330 g/mol. The first-order valence-corrected chi connectivity index (χ1v) is 7.71. The van der Waals surface area contributed by atoms with Gasteiger partial charge >= 0.3 is 0 Å². The highest BCUT2D eigenvalue weighted by atomic mass is 79.9. The van der Waals surface area contributed by atoms with Crippen molar-refractivity contribution in [1.82, 2.24) is 5.32 Å². The topological polar surface area (TPSA) is 30.5 Å². The Kier molecular flexibility index (Phi) is 5.65. The summed E-state index contributed by atoms with van der Waals surface area (Å²) in [5.74, 6) is 1.55. The fourth-order valence-corrected chi connectivity index (χ4v) is 2.97. The van der Waals surface area contributed by atoms with E-state index in [1.165, 1.54) is 11.1 Å². The van der Waals surface area contributed by atoms with Crippen molar-refractivity contribution in [2.45, 2.75) is 13.5 Å². The number of rotatable bonds is 6. The average Bonchev–Trinajstić information content (AvgIpc) is 2.53. The lowest BCUT2D eigenvalue weighted by Crippen LogP contribution is -2.12. The van der Waals surface area contributed by atoms with Gasteiger partial charge in [0.25, 0.3) is 0 Å². The van der Waals surface area contributed by atoms with Gasteiger partial charge in [-0.2, -0.15) is 0 Å². The van der Waals surface area contributed by atoms with E-state index in [1.54, 1.807) is 14.2 Å². The molecule has 0 aliphatic heterocycles. The fourth-order valence-electron chi connectivity index (χ4n) is 2.30. The summed E-state index contributed by atoms with van der Waals surface area (Å²) < 4.78 is 11.8. The van der Waals surface area contributed by atoms with Crippen LogP contribution >= 0.6 is 15.9 Å². The SMILES string of the molecule is CCNCc1ccccc1-c1ccc(OC)c(Br)c1OC. The molecule has 2 rings (SSSR count). The third-order valence-corrected chi connectivity index (χ3v) is 4.11. The van der Waals surface area contributed by atoms with Crippen molar-refractivity contribution in [1.29, 1.82) is 0 Å². The first-order chi connectivity index (χ1) is 10.2. The van der Waals surface area contributed by atoms with Gasteiger partial charge < -0.3 is 14.8 Å². The van der Waals surface area contributed by atoms with Crippen LogP contribution in [0.1, 0.15) is 12.5 Å². The maximum Gasteiger partial charge on any atom is 0.144 e. The Morgan fingerprint density at radius 3 is 2.43 bits per heavy atom. The van der Waals surface area contributed by atoms with E-state index in [1.807, 2.05) is 18.2 Å². The van der Waals surface area contributed by atoms with Crippen molar-refractivity contribution in [3.05, 3.63) is 46.4 Å². The van der Waals surface area contributed by atoms with E-state index >= 15 is 0 Å². The van der Waals surface area contributed by atoms with E-state index in [9.17, 15) is 0 Å². The van der Waals surface area contributed by atoms with Crippen LogP contribution in [-0.4, -0.2) is 20.8 Å². The van der Waals surface area contributed by atoms with Crippen molar-refractivity contribution in [2.24, 2.45) is 0 Å². The molecule has 21 heavy (non-hydrogen) atoms. The Bertz CT molecular complexity index is 614. The van der Waals surface area contributed by atoms with Gasteiger partial charge in [-0.25, -0.2) is 0 Å². The summed E-state index contributed by atoms with van der Waals surface area (Å²) in [6, 6.07) is 12.3. The third kappa shape index (κ3) is 3.39. The van der Waals surface area contributed by atoms with Crippen molar-refractivity contribution in [3.8, 4) is 22.6 Å². The van der Waals surface area contributed by atoms with Gasteiger partial charge in [0, 0.05) is 12.1 Å². The largest absolute Gasteiger partial charge is 0.495 e. The van der Waals surface area contributed by atoms with Crippen LogP contribution < -0.4 is 14.8 Å². The normalized spacial score (nSPS) is 10.5. The van der Waals surface area contributed by atoms with Crippen molar-refractivity contribution in [2.75, 3.05) is 20.8 Å². The molecule has 0 saturated carbocycles. The molecule has 0 radical (unpaired) electrons. The maximum absolute atomic E-state index is 5.59. The standard InChI is InChI=1S/C17H20BrNO2/c1-4-19-11-12-7-5-6-8-13(12)14-9-10-15(20-2)16(18)17(14)21-3/h5-10,19H,4,11H2,1-3H3. The molecule has 2 aromatic carbocycles. The quantitative estimate of drug-likeness (QED) is 0.845. The van der Waals surface area contributed by atoms with E-state index in [0.29, 0.717) is 0 Å². The van der Waals surface area contributed by atoms with Crippen LogP contribution in [0.15, 0.2) is 40.9 Å². The lowest BCUT2D eigenvalue weighted by atomic mass is 9.98. The fraction of sp³-hybridized carbons (Fsp3) is 0.294. The van der Waals surface area contributed by atoms with Gasteiger partial charge in [-0.15, -0.1) is 0 Å². The molecular formula is C17H20BrNO2. The minimum atomic E-state index is 0.764. The van der Waals surface area contributed by atoms with Gasteiger partial charge in [0.05, 0.1) is 14.2 Å². The molecule has 4 heteroatoms. The molecule has 0 spiro atoms. The number of methoxy groups -OCH3 is 2.